The minimum Gasteiger partial charge on any atom is -0.394 e. The van der Waals surface area contributed by atoms with E-state index < -0.39 is 124 Å². The Morgan fingerprint density at radius 1 is 0.400 bits per heavy atom. The molecule has 3 aliphatic heterocycles. The zero-order valence-electron chi connectivity index (χ0n) is 55.1. The molecule has 1 amide bonds. The molecule has 90 heavy (non-hydrogen) atoms. The molecule has 17 unspecified atom stereocenters. The van der Waals surface area contributed by atoms with Gasteiger partial charge in [-0.3, -0.25) is 4.79 Å². The Morgan fingerprint density at radius 2 is 0.744 bits per heavy atom. The van der Waals surface area contributed by atoms with Crippen molar-refractivity contribution in [2.24, 2.45) is 0 Å². The van der Waals surface area contributed by atoms with E-state index >= 15 is 0 Å². The van der Waals surface area contributed by atoms with Crippen molar-refractivity contribution in [3.05, 3.63) is 72.9 Å². The van der Waals surface area contributed by atoms with E-state index in [4.69, 9.17) is 28.4 Å². The predicted octanol–water partition coefficient (Wildman–Crippen LogP) is 9.33. The second-order valence-corrected chi connectivity index (χ2v) is 25.0. The second kappa shape index (κ2) is 52.5. The lowest BCUT2D eigenvalue weighted by Gasteiger charge is -2.48. The number of ether oxygens (including phenoxy) is 6. The van der Waals surface area contributed by atoms with Gasteiger partial charge in [0.1, 0.15) is 73.2 Å². The second-order valence-electron chi connectivity index (χ2n) is 25.0. The fraction of sp³-hybridized carbons (Fsp3) is 0.817. The van der Waals surface area contributed by atoms with Gasteiger partial charge in [-0.1, -0.05) is 222 Å². The van der Waals surface area contributed by atoms with Gasteiger partial charge in [-0.15, -0.1) is 0 Å². The third-order valence-electron chi connectivity index (χ3n) is 17.2. The molecule has 19 nitrogen and oxygen atoms in total. The highest BCUT2D eigenvalue weighted by molar-refractivity contribution is 5.76. The molecule has 3 aliphatic rings. The van der Waals surface area contributed by atoms with E-state index in [1.54, 1.807) is 6.08 Å². The van der Waals surface area contributed by atoms with Gasteiger partial charge in [0.25, 0.3) is 0 Å². The lowest BCUT2D eigenvalue weighted by Crippen LogP contribution is -2.66. The Balaban J connectivity index is 1.42. The molecule has 0 radical (unpaired) electrons. The number of carbonyl (C=O) groups is 1. The Bertz CT molecular complexity index is 1920. The summed E-state index contributed by atoms with van der Waals surface area (Å²) in [5.41, 5.74) is 0. The minimum absolute atomic E-state index is 0.229. The van der Waals surface area contributed by atoms with E-state index in [-0.39, 0.29) is 18.9 Å². The number of carbonyl (C=O) groups excluding carboxylic acids is 1. The molecular formula is C71H125NO18. The Kier molecular flexibility index (Phi) is 47.5. The summed E-state index contributed by atoms with van der Waals surface area (Å²) in [5.74, 6) is -0.292. The minimum atomic E-state index is -1.98. The van der Waals surface area contributed by atoms with Crippen LogP contribution in [0.15, 0.2) is 72.9 Å². The Morgan fingerprint density at radius 3 is 1.19 bits per heavy atom. The van der Waals surface area contributed by atoms with E-state index in [1.165, 1.54) is 148 Å². The summed E-state index contributed by atoms with van der Waals surface area (Å²) in [6.45, 7) is 1.68. The van der Waals surface area contributed by atoms with Crippen LogP contribution < -0.4 is 5.32 Å². The van der Waals surface area contributed by atoms with E-state index in [1.807, 2.05) is 6.08 Å². The van der Waals surface area contributed by atoms with Crippen LogP contribution in [0.1, 0.15) is 239 Å². The summed E-state index contributed by atoms with van der Waals surface area (Å²) < 4.78 is 34.3. The van der Waals surface area contributed by atoms with Crippen LogP contribution in [0.4, 0.5) is 0 Å². The van der Waals surface area contributed by atoms with Crippen LogP contribution >= 0.6 is 0 Å². The fourth-order valence-electron chi connectivity index (χ4n) is 11.5. The molecule has 19 heteroatoms. The van der Waals surface area contributed by atoms with Crippen LogP contribution in [-0.2, 0) is 33.2 Å². The van der Waals surface area contributed by atoms with Crippen molar-refractivity contribution < 1.29 is 89.4 Å². The van der Waals surface area contributed by atoms with Gasteiger partial charge < -0.3 is 89.9 Å². The van der Waals surface area contributed by atoms with Gasteiger partial charge in [0.15, 0.2) is 18.9 Å². The normalized spacial score (nSPS) is 28.5. The van der Waals surface area contributed by atoms with Crippen LogP contribution in [-0.4, -0.2) is 193 Å². The maximum atomic E-state index is 13.4. The number of aliphatic hydroxyl groups excluding tert-OH is 11. The van der Waals surface area contributed by atoms with E-state index in [0.717, 1.165) is 57.8 Å². The number of rotatable bonds is 53. The number of hydrogen-bond donors (Lipinski definition) is 12. The number of allylic oxidation sites excluding steroid dienone is 11. The first-order chi connectivity index (χ1) is 43.8. The smallest absolute Gasteiger partial charge is 0.220 e. The number of amides is 1. The molecular weight excluding hydrogens is 1150 g/mol. The highest BCUT2D eigenvalue weighted by atomic mass is 16.8. The van der Waals surface area contributed by atoms with Crippen LogP contribution in [0.2, 0.25) is 0 Å². The third-order valence-corrected chi connectivity index (χ3v) is 17.2. The van der Waals surface area contributed by atoms with Gasteiger partial charge >= 0.3 is 0 Å². The molecule has 12 N–H and O–H groups in total. The fourth-order valence-corrected chi connectivity index (χ4v) is 11.5. The van der Waals surface area contributed by atoms with Crippen LogP contribution in [0.5, 0.6) is 0 Å². The lowest BCUT2D eigenvalue weighted by atomic mass is 9.96. The van der Waals surface area contributed by atoms with Crippen molar-refractivity contribution in [1.29, 1.82) is 0 Å². The Labute approximate surface area is 540 Å². The summed E-state index contributed by atoms with van der Waals surface area (Å²) in [4.78, 5) is 13.4. The zero-order valence-corrected chi connectivity index (χ0v) is 55.1. The predicted molar refractivity (Wildman–Crippen MR) is 351 cm³/mol. The monoisotopic (exact) mass is 1280 g/mol. The standard InChI is InChI=1S/C71H125NO18/c1-3-5-7-9-11-13-15-17-19-21-22-23-24-25-26-27-28-29-30-31-32-33-35-37-39-41-43-45-47-49-59(77)72-54(55(76)48-46-44-42-40-38-36-34-20-18-16-14-12-10-8-6-4-2)53-85-69-65(83)62(80)67(57(51-74)87-69)90-71-66(84)63(81)68(58(52-75)88-71)89-70-64(82)61(79)60(78)56(50-73)86-70/h15,17-18,20-22,24-25,38,40,46,48,54-58,60-71,73-76,78-84H,3-14,16,19,23,26-37,39,41-45,47,49-53H2,1-2H3,(H,72,77)/b17-15-,20-18+,22-21-,25-24-,40-38+,48-46+. The molecule has 3 fully saturated rings. The van der Waals surface area contributed by atoms with Gasteiger partial charge in [-0.2, -0.15) is 0 Å². The van der Waals surface area contributed by atoms with E-state index in [9.17, 15) is 61.0 Å². The molecule has 0 aromatic rings. The van der Waals surface area contributed by atoms with Gasteiger partial charge in [-0.05, 0) is 83.5 Å². The van der Waals surface area contributed by atoms with E-state index in [0.29, 0.717) is 12.8 Å². The van der Waals surface area contributed by atoms with Gasteiger partial charge in [0.2, 0.25) is 5.91 Å². The van der Waals surface area contributed by atoms with E-state index in [2.05, 4.69) is 79.9 Å². The quantitative estimate of drug-likeness (QED) is 0.0199. The van der Waals surface area contributed by atoms with Crippen LogP contribution in [0, 0.1) is 0 Å². The first-order valence-corrected chi connectivity index (χ1v) is 35.2. The molecule has 0 bridgehead atoms. The Hall–Kier alpha value is -2.77. The third kappa shape index (κ3) is 34.1. The number of unbranched alkanes of at least 4 members (excludes halogenated alkanes) is 27. The molecule has 17 atom stereocenters. The first-order valence-electron chi connectivity index (χ1n) is 35.2. The van der Waals surface area contributed by atoms with Crippen molar-refractivity contribution in [3.63, 3.8) is 0 Å². The number of aliphatic hydroxyl groups is 11. The van der Waals surface area contributed by atoms with Crippen molar-refractivity contribution in [3.8, 4) is 0 Å². The lowest BCUT2D eigenvalue weighted by molar-refractivity contribution is -0.379. The molecule has 3 rings (SSSR count). The molecule has 0 saturated carbocycles. The first kappa shape index (κ1) is 81.5. The highest BCUT2D eigenvalue weighted by Crippen LogP contribution is 2.33. The number of nitrogens with one attached hydrogen (secondary N) is 1. The molecule has 3 heterocycles. The van der Waals surface area contributed by atoms with Crippen molar-refractivity contribution in [1.82, 2.24) is 5.32 Å². The maximum absolute atomic E-state index is 13.4. The van der Waals surface area contributed by atoms with Crippen molar-refractivity contribution in [2.75, 3.05) is 26.4 Å². The molecule has 0 aromatic carbocycles. The average molecular weight is 1280 g/mol. The molecule has 0 aliphatic carbocycles. The van der Waals surface area contributed by atoms with Gasteiger partial charge in [-0.25, -0.2) is 0 Å². The van der Waals surface area contributed by atoms with Crippen LogP contribution in [0.25, 0.3) is 0 Å². The maximum Gasteiger partial charge on any atom is 0.220 e. The van der Waals surface area contributed by atoms with Crippen molar-refractivity contribution >= 4 is 5.91 Å². The summed E-state index contributed by atoms with van der Waals surface area (Å²) >= 11 is 0. The topological polar surface area (TPSA) is 307 Å². The van der Waals surface area contributed by atoms with Crippen LogP contribution in [0.3, 0.4) is 0 Å². The highest BCUT2D eigenvalue weighted by Gasteiger charge is 2.53. The summed E-state index contributed by atoms with van der Waals surface area (Å²) in [6.07, 6.45) is 38.8. The summed E-state index contributed by atoms with van der Waals surface area (Å²) in [6, 6.07) is -1.000. The molecule has 3 saturated heterocycles. The molecule has 522 valence electrons. The largest absolute Gasteiger partial charge is 0.394 e. The molecule has 0 spiro atoms. The zero-order chi connectivity index (χ0) is 65.4. The molecule has 0 aromatic heterocycles. The van der Waals surface area contributed by atoms with Gasteiger partial charge in [0, 0.05) is 6.42 Å². The average Bonchev–Trinajstić information content (AvgIpc) is 1.05. The van der Waals surface area contributed by atoms with Crippen molar-refractivity contribution in [2.45, 2.75) is 343 Å². The summed E-state index contributed by atoms with van der Waals surface area (Å²) in [7, 11) is 0. The van der Waals surface area contributed by atoms with Gasteiger partial charge in [0.05, 0.1) is 38.6 Å². The summed E-state index contributed by atoms with van der Waals surface area (Å²) in [5, 5.41) is 120. The SMILES string of the molecule is CCCCCCC/C=C\C/C=C\C/C=C\CCCCCCCCCCCCCCCCC(=O)NC(COC1OC(CO)C(OC2OC(CO)C(OC3OC(CO)C(O)C(O)C3O)C(O)C2O)C(O)C1O)C(O)/C=C/CC/C=C/CC/C=C/CCCCCCCC. The number of hydrogen-bond acceptors (Lipinski definition) is 18.